The number of methoxy groups -OCH3 is 3. The van der Waals surface area contributed by atoms with Crippen LogP contribution in [0.4, 0.5) is 0 Å². The van der Waals surface area contributed by atoms with Crippen LogP contribution >= 0.6 is 0 Å². The van der Waals surface area contributed by atoms with Crippen molar-refractivity contribution in [3.63, 3.8) is 0 Å². The quantitative estimate of drug-likeness (QED) is 0.502. The van der Waals surface area contributed by atoms with Gasteiger partial charge in [0.15, 0.2) is 11.5 Å². The van der Waals surface area contributed by atoms with Crippen LogP contribution in [0.25, 0.3) is 11.3 Å². The minimum atomic E-state index is 0.521. The van der Waals surface area contributed by atoms with E-state index in [2.05, 4.69) is 46.2 Å². The maximum atomic E-state index is 5.50. The number of aryl methyl sites for hydroxylation is 1. The highest BCUT2D eigenvalue weighted by molar-refractivity contribution is 5.64. The molecule has 3 aliphatic heterocycles. The molecular formula is C28H36N4O3. The predicted molar refractivity (Wildman–Crippen MR) is 137 cm³/mol. The summed E-state index contributed by atoms with van der Waals surface area (Å²) >= 11 is 0. The van der Waals surface area contributed by atoms with Crippen LogP contribution in [-0.4, -0.2) is 61.7 Å². The molecule has 35 heavy (non-hydrogen) atoms. The van der Waals surface area contributed by atoms with Gasteiger partial charge in [-0.3, -0.25) is 9.58 Å². The molecule has 4 unspecified atom stereocenters. The van der Waals surface area contributed by atoms with Crippen molar-refractivity contribution in [1.29, 1.82) is 0 Å². The van der Waals surface area contributed by atoms with Crippen molar-refractivity contribution in [2.75, 3.05) is 41.0 Å². The van der Waals surface area contributed by atoms with Gasteiger partial charge in [-0.15, -0.1) is 0 Å². The summed E-state index contributed by atoms with van der Waals surface area (Å²) in [5, 5.41) is 8.55. The molecule has 0 amide bonds. The second-order valence-corrected chi connectivity index (χ2v) is 9.67. The standard InChI is InChI=1S/C28H36N4O3/c1-31-26(15-25(30-31)21-7-10-27(34-3)28(14-21)35-4)24-18-32-12-11-20(24)13-22(32)17-29-16-19-5-8-23(33-2)9-6-19/h5-10,14-15,20,22,24,29H,11-13,16-18H2,1-4H3. The van der Waals surface area contributed by atoms with Crippen LogP contribution in [0, 0.1) is 5.92 Å². The van der Waals surface area contributed by atoms with Crippen LogP contribution in [0.2, 0.25) is 0 Å². The molecule has 186 valence electrons. The molecule has 4 heterocycles. The first-order chi connectivity index (χ1) is 17.1. The Labute approximate surface area is 208 Å². The highest BCUT2D eigenvalue weighted by Crippen LogP contribution is 2.42. The fourth-order valence-electron chi connectivity index (χ4n) is 5.78. The number of fused-ring (bicyclic) bond motifs is 3. The molecule has 7 nitrogen and oxygen atoms in total. The second-order valence-electron chi connectivity index (χ2n) is 9.67. The van der Waals surface area contributed by atoms with Gasteiger partial charge in [0.25, 0.3) is 0 Å². The molecule has 3 fully saturated rings. The van der Waals surface area contributed by atoms with Crippen molar-refractivity contribution in [2.45, 2.75) is 31.3 Å². The smallest absolute Gasteiger partial charge is 0.161 e. The Morgan fingerprint density at radius 2 is 1.77 bits per heavy atom. The monoisotopic (exact) mass is 476 g/mol. The number of nitrogens with zero attached hydrogens (tertiary/aromatic N) is 3. The minimum Gasteiger partial charge on any atom is -0.497 e. The van der Waals surface area contributed by atoms with Crippen molar-refractivity contribution >= 4 is 0 Å². The molecule has 2 bridgehead atoms. The van der Waals surface area contributed by atoms with Gasteiger partial charge < -0.3 is 19.5 Å². The summed E-state index contributed by atoms with van der Waals surface area (Å²) < 4.78 is 18.2. The molecule has 3 aliphatic rings. The zero-order valence-corrected chi connectivity index (χ0v) is 21.2. The summed E-state index contributed by atoms with van der Waals surface area (Å²) in [6.07, 6.45) is 2.49. The Morgan fingerprint density at radius 3 is 2.46 bits per heavy atom. The summed E-state index contributed by atoms with van der Waals surface area (Å²) in [7, 11) is 7.10. The van der Waals surface area contributed by atoms with Crippen molar-refractivity contribution in [3.8, 4) is 28.5 Å². The molecule has 7 heteroatoms. The number of ether oxygens (including phenoxy) is 3. The number of piperidine rings is 3. The largest absolute Gasteiger partial charge is 0.497 e. The second kappa shape index (κ2) is 10.3. The molecule has 3 aromatic rings. The fourth-order valence-corrected chi connectivity index (χ4v) is 5.78. The van der Waals surface area contributed by atoms with Gasteiger partial charge in [-0.1, -0.05) is 12.1 Å². The van der Waals surface area contributed by atoms with E-state index in [1.165, 1.54) is 30.6 Å². The van der Waals surface area contributed by atoms with Gasteiger partial charge in [-0.05, 0) is 67.3 Å². The summed E-state index contributed by atoms with van der Waals surface area (Å²) in [6, 6.07) is 17.2. The lowest BCUT2D eigenvalue weighted by Crippen LogP contribution is -2.55. The lowest BCUT2D eigenvalue weighted by atomic mass is 9.74. The SMILES string of the molecule is COc1ccc(CNCC2CC3CCN2CC3c2cc(-c3ccc(OC)c(OC)c3)nn2C)cc1. The molecular weight excluding hydrogens is 440 g/mol. The minimum absolute atomic E-state index is 0.521. The molecule has 0 saturated carbocycles. The molecule has 2 aromatic carbocycles. The number of aromatic nitrogens is 2. The van der Waals surface area contributed by atoms with Crippen LogP contribution in [0.15, 0.2) is 48.5 Å². The molecule has 0 aliphatic carbocycles. The van der Waals surface area contributed by atoms with E-state index in [4.69, 9.17) is 19.3 Å². The highest BCUT2D eigenvalue weighted by atomic mass is 16.5. The zero-order chi connectivity index (χ0) is 24.4. The maximum Gasteiger partial charge on any atom is 0.161 e. The summed E-state index contributed by atoms with van der Waals surface area (Å²) in [4.78, 5) is 2.68. The number of benzene rings is 2. The van der Waals surface area contributed by atoms with E-state index >= 15 is 0 Å². The van der Waals surface area contributed by atoms with Crippen molar-refractivity contribution in [1.82, 2.24) is 20.0 Å². The Kier molecular flexibility index (Phi) is 6.97. The van der Waals surface area contributed by atoms with Gasteiger partial charge in [-0.25, -0.2) is 0 Å². The van der Waals surface area contributed by atoms with Crippen molar-refractivity contribution in [2.24, 2.45) is 13.0 Å². The summed E-state index contributed by atoms with van der Waals surface area (Å²) in [5.41, 5.74) is 4.65. The average molecular weight is 477 g/mol. The van der Waals surface area contributed by atoms with Crippen LogP contribution in [0.1, 0.15) is 30.0 Å². The number of nitrogens with one attached hydrogen (secondary N) is 1. The highest BCUT2D eigenvalue weighted by Gasteiger charge is 2.41. The van der Waals surface area contributed by atoms with Crippen molar-refractivity contribution in [3.05, 3.63) is 59.8 Å². The van der Waals surface area contributed by atoms with E-state index in [1.807, 2.05) is 24.3 Å². The molecule has 1 aromatic heterocycles. The number of hydrogen-bond acceptors (Lipinski definition) is 6. The molecule has 3 saturated heterocycles. The van der Waals surface area contributed by atoms with Crippen LogP contribution < -0.4 is 19.5 Å². The zero-order valence-electron chi connectivity index (χ0n) is 21.2. The topological polar surface area (TPSA) is 60.8 Å². The Balaban J connectivity index is 1.23. The molecule has 0 radical (unpaired) electrons. The van der Waals surface area contributed by atoms with Gasteiger partial charge in [0.05, 0.1) is 27.0 Å². The van der Waals surface area contributed by atoms with Gasteiger partial charge in [0.1, 0.15) is 5.75 Å². The van der Waals surface area contributed by atoms with Gasteiger partial charge in [0, 0.05) is 49.9 Å². The average Bonchev–Trinajstić information content (AvgIpc) is 3.30. The van der Waals surface area contributed by atoms with E-state index in [1.54, 1.807) is 21.3 Å². The van der Waals surface area contributed by atoms with Crippen molar-refractivity contribution < 1.29 is 14.2 Å². The third kappa shape index (κ3) is 4.88. The van der Waals surface area contributed by atoms with Gasteiger partial charge in [-0.2, -0.15) is 5.10 Å². The van der Waals surface area contributed by atoms with E-state index in [9.17, 15) is 0 Å². The third-order valence-corrected chi connectivity index (χ3v) is 7.72. The molecule has 1 N–H and O–H groups in total. The Morgan fingerprint density at radius 1 is 0.971 bits per heavy atom. The first-order valence-electron chi connectivity index (χ1n) is 12.4. The van der Waals surface area contributed by atoms with E-state index in [0.717, 1.165) is 48.1 Å². The predicted octanol–water partition coefficient (Wildman–Crippen LogP) is 4.08. The van der Waals surface area contributed by atoms with E-state index in [-0.39, 0.29) is 0 Å². The number of rotatable bonds is 9. The lowest BCUT2D eigenvalue weighted by molar-refractivity contribution is 0.0282. The first-order valence-corrected chi connectivity index (χ1v) is 12.4. The normalized spacial score (nSPS) is 23.3. The van der Waals surface area contributed by atoms with Crippen LogP contribution in [0.3, 0.4) is 0 Å². The Bertz CT molecular complexity index is 1140. The molecule has 0 spiro atoms. The van der Waals surface area contributed by atoms with E-state index in [0.29, 0.717) is 17.9 Å². The van der Waals surface area contributed by atoms with E-state index < -0.39 is 0 Å². The lowest BCUT2D eigenvalue weighted by Gasteiger charge is -2.50. The van der Waals surface area contributed by atoms with Crippen LogP contribution in [0.5, 0.6) is 17.2 Å². The van der Waals surface area contributed by atoms with Gasteiger partial charge >= 0.3 is 0 Å². The maximum absolute atomic E-state index is 5.50. The Hall–Kier alpha value is -3.03. The summed E-state index contributed by atoms with van der Waals surface area (Å²) in [5.74, 6) is 3.58. The first kappa shape index (κ1) is 23.7. The van der Waals surface area contributed by atoms with Crippen LogP contribution in [-0.2, 0) is 13.6 Å². The molecule has 6 rings (SSSR count). The summed E-state index contributed by atoms with van der Waals surface area (Å²) in [6.45, 7) is 4.21. The van der Waals surface area contributed by atoms with Gasteiger partial charge in [0.2, 0.25) is 0 Å². The molecule has 4 atom stereocenters. The third-order valence-electron chi connectivity index (χ3n) is 7.72. The fraction of sp³-hybridized carbons (Fsp3) is 0.464. The number of hydrogen-bond donors (Lipinski definition) is 1.